The number of fused-ring (bicyclic) bond motifs is 1. The number of aromatic amines is 1. The molecule has 0 atom stereocenters. The SMILES string of the molecule is COc1ccc(-n2cc(-c3cc4cc(F)ccc4[nH]c3=O)nn2)cc1. The van der Waals surface area contributed by atoms with Gasteiger partial charge in [0.25, 0.3) is 5.56 Å². The van der Waals surface area contributed by atoms with E-state index in [0.717, 1.165) is 11.4 Å². The van der Waals surface area contributed by atoms with Crippen molar-refractivity contribution in [3.8, 4) is 22.7 Å². The first-order valence-electron chi connectivity index (χ1n) is 7.54. The van der Waals surface area contributed by atoms with Crippen LogP contribution in [-0.2, 0) is 0 Å². The average molecular weight is 336 g/mol. The smallest absolute Gasteiger partial charge is 0.258 e. The van der Waals surface area contributed by atoms with Crippen molar-refractivity contribution < 1.29 is 9.13 Å². The number of H-pyrrole nitrogens is 1. The van der Waals surface area contributed by atoms with E-state index in [2.05, 4.69) is 15.3 Å². The van der Waals surface area contributed by atoms with Gasteiger partial charge in [0.15, 0.2) is 0 Å². The highest BCUT2D eigenvalue weighted by Crippen LogP contribution is 2.20. The van der Waals surface area contributed by atoms with Crippen LogP contribution in [-0.4, -0.2) is 27.1 Å². The number of nitrogens with zero attached hydrogens (tertiary/aromatic N) is 3. The van der Waals surface area contributed by atoms with Crippen LogP contribution < -0.4 is 10.3 Å². The number of rotatable bonds is 3. The fourth-order valence-corrected chi connectivity index (χ4v) is 2.62. The Kier molecular flexibility index (Phi) is 3.53. The Bertz CT molecular complexity index is 1120. The topological polar surface area (TPSA) is 72.8 Å². The summed E-state index contributed by atoms with van der Waals surface area (Å²) in [5.41, 5.74) is 1.78. The molecule has 0 aliphatic carbocycles. The molecule has 6 nitrogen and oxygen atoms in total. The molecule has 1 N–H and O–H groups in total. The van der Waals surface area contributed by atoms with Gasteiger partial charge in [-0.2, -0.15) is 0 Å². The Morgan fingerprint density at radius 3 is 2.68 bits per heavy atom. The van der Waals surface area contributed by atoms with Gasteiger partial charge < -0.3 is 9.72 Å². The number of hydrogen-bond donors (Lipinski definition) is 1. The molecule has 7 heteroatoms. The van der Waals surface area contributed by atoms with Gasteiger partial charge in [-0.1, -0.05) is 5.21 Å². The van der Waals surface area contributed by atoms with Crippen LogP contribution in [0, 0.1) is 5.82 Å². The second-order valence-electron chi connectivity index (χ2n) is 5.49. The van der Waals surface area contributed by atoms with Gasteiger partial charge >= 0.3 is 0 Å². The summed E-state index contributed by atoms with van der Waals surface area (Å²) in [5, 5.41) is 8.71. The summed E-state index contributed by atoms with van der Waals surface area (Å²) in [6.45, 7) is 0. The molecule has 0 unspecified atom stereocenters. The molecule has 0 radical (unpaired) electrons. The van der Waals surface area contributed by atoms with Crippen molar-refractivity contribution in [1.82, 2.24) is 20.0 Å². The lowest BCUT2D eigenvalue weighted by molar-refractivity contribution is 0.414. The first-order chi connectivity index (χ1) is 12.1. The number of ether oxygens (including phenoxy) is 1. The Balaban J connectivity index is 1.77. The van der Waals surface area contributed by atoms with Crippen molar-refractivity contribution in [2.24, 2.45) is 0 Å². The summed E-state index contributed by atoms with van der Waals surface area (Å²) in [5.74, 6) is 0.365. The first-order valence-corrected chi connectivity index (χ1v) is 7.54. The standard InChI is InChI=1S/C18H13FN4O2/c1-25-14-5-3-13(4-6-14)23-10-17(21-22-23)15-9-11-8-12(19)2-7-16(11)20-18(15)24/h2-10H,1H3,(H,20,24). The largest absolute Gasteiger partial charge is 0.497 e. The van der Waals surface area contributed by atoms with Crippen LogP contribution in [0.3, 0.4) is 0 Å². The van der Waals surface area contributed by atoms with Gasteiger partial charge in [-0.3, -0.25) is 4.79 Å². The maximum atomic E-state index is 13.4. The highest BCUT2D eigenvalue weighted by molar-refractivity contribution is 5.82. The highest BCUT2D eigenvalue weighted by atomic mass is 19.1. The highest BCUT2D eigenvalue weighted by Gasteiger charge is 2.11. The van der Waals surface area contributed by atoms with Crippen molar-refractivity contribution in [2.45, 2.75) is 0 Å². The van der Waals surface area contributed by atoms with Crippen molar-refractivity contribution in [3.05, 3.63) is 70.9 Å². The maximum Gasteiger partial charge on any atom is 0.258 e. The average Bonchev–Trinajstić information content (AvgIpc) is 3.11. The molecule has 0 saturated heterocycles. The van der Waals surface area contributed by atoms with Crippen LogP contribution in [0.15, 0.2) is 59.5 Å². The molecule has 0 bridgehead atoms. The molecule has 0 fully saturated rings. The summed E-state index contributed by atoms with van der Waals surface area (Å²) in [7, 11) is 1.59. The molecule has 0 amide bonds. The fourth-order valence-electron chi connectivity index (χ4n) is 2.62. The summed E-state index contributed by atoms with van der Waals surface area (Å²) in [6.07, 6.45) is 1.65. The fraction of sp³-hybridized carbons (Fsp3) is 0.0556. The maximum absolute atomic E-state index is 13.4. The van der Waals surface area contributed by atoms with Gasteiger partial charge in [-0.15, -0.1) is 5.10 Å². The second kappa shape index (κ2) is 5.86. The zero-order chi connectivity index (χ0) is 17.4. The zero-order valence-corrected chi connectivity index (χ0v) is 13.2. The third kappa shape index (κ3) is 2.76. The van der Waals surface area contributed by atoms with E-state index in [4.69, 9.17) is 4.74 Å². The van der Waals surface area contributed by atoms with Crippen LogP contribution in [0.5, 0.6) is 5.75 Å². The molecule has 4 aromatic rings. The van der Waals surface area contributed by atoms with Gasteiger partial charge in [0, 0.05) is 10.9 Å². The molecule has 4 rings (SSSR count). The van der Waals surface area contributed by atoms with E-state index in [1.165, 1.54) is 18.2 Å². The molecule has 2 aromatic carbocycles. The molecule has 0 aliphatic rings. The van der Waals surface area contributed by atoms with Crippen LogP contribution >= 0.6 is 0 Å². The molecule has 25 heavy (non-hydrogen) atoms. The Hall–Kier alpha value is -3.48. The minimum Gasteiger partial charge on any atom is -0.497 e. The number of methoxy groups -OCH3 is 1. The Labute approximate surface area is 141 Å². The van der Waals surface area contributed by atoms with Crippen molar-refractivity contribution in [1.29, 1.82) is 0 Å². The van der Waals surface area contributed by atoms with Gasteiger partial charge in [0.05, 0.1) is 24.6 Å². The number of benzene rings is 2. The zero-order valence-electron chi connectivity index (χ0n) is 13.2. The van der Waals surface area contributed by atoms with Crippen LogP contribution in [0.1, 0.15) is 0 Å². The van der Waals surface area contributed by atoms with E-state index in [-0.39, 0.29) is 11.4 Å². The molecular formula is C18H13FN4O2. The molecule has 0 spiro atoms. The van der Waals surface area contributed by atoms with Gasteiger partial charge in [0.2, 0.25) is 0 Å². The minimum atomic E-state index is -0.368. The first kappa shape index (κ1) is 15.1. The normalized spacial score (nSPS) is 11.0. The lowest BCUT2D eigenvalue weighted by atomic mass is 10.1. The Morgan fingerprint density at radius 1 is 1.12 bits per heavy atom. The van der Waals surface area contributed by atoms with E-state index in [9.17, 15) is 9.18 Å². The molecule has 0 aliphatic heterocycles. The van der Waals surface area contributed by atoms with E-state index in [1.54, 1.807) is 24.1 Å². The molecule has 2 heterocycles. The second-order valence-corrected chi connectivity index (χ2v) is 5.49. The van der Waals surface area contributed by atoms with Gasteiger partial charge in [0.1, 0.15) is 17.3 Å². The lowest BCUT2D eigenvalue weighted by Gasteiger charge is -2.02. The molecule has 2 aromatic heterocycles. The number of nitrogens with one attached hydrogen (secondary N) is 1. The number of halogens is 1. The molecule has 124 valence electrons. The van der Waals surface area contributed by atoms with Gasteiger partial charge in [-0.05, 0) is 48.5 Å². The van der Waals surface area contributed by atoms with Crippen molar-refractivity contribution in [2.75, 3.05) is 7.11 Å². The molecule has 0 saturated carbocycles. The van der Waals surface area contributed by atoms with E-state index < -0.39 is 0 Å². The van der Waals surface area contributed by atoms with E-state index in [1.807, 2.05) is 24.3 Å². The summed E-state index contributed by atoms with van der Waals surface area (Å²) in [6, 6.07) is 13.1. The van der Waals surface area contributed by atoms with Crippen LogP contribution in [0.2, 0.25) is 0 Å². The van der Waals surface area contributed by atoms with Crippen molar-refractivity contribution in [3.63, 3.8) is 0 Å². The van der Waals surface area contributed by atoms with Gasteiger partial charge in [-0.25, -0.2) is 9.07 Å². The van der Waals surface area contributed by atoms with E-state index in [0.29, 0.717) is 22.2 Å². The third-order valence-electron chi connectivity index (χ3n) is 3.91. The predicted molar refractivity (Wildman–Crippen MR) is 91.4 cm³/mol. The monoisotopic (exact) mass is 336 g/mol. The minimum absolute atomic E-state index is 0.305. The molecular weight excluding hydrogens is 323 g/mol. The quantitative estimate of drug-likeness (QED) is 0.624. The number of aromatic nitrogens is 4. The number of pyridine rings is 1. The number of hydrogen-bond acceptors (Lipinski definition) is 4. The lowest BCUT2D eigenvalue weighted by Crippen LogP contribution is -2.08. The van der Waals surface area contributed by atoms with Crippen molar-refractivity contribution >= 4 is 10.9 Å². The summed E-state index contributed by atoms with van der Waals surface area (Å²) >= 11 is 0. The summed E-state index contributed by atoms with van der Waals surface area (Å²) < 4.78 is 20.1. The van der Waals surface area contributed by atoms with Crippen LogP contribution in [0.25, 0.3) is 27.8 Å². The Morgan fingerprint density at radius 2 is 1.92 bits per heavy atom. The van der Waals surface area contributed by atoms with E-state index >= 15 is 0 Å². The van der Waals surface area contributed by atoms with Crippen LogP contribution in [0.4, 0.5) is 4.39 Å². The summed E-state index contributed by atoms with van der Waals surface area (Å²) in [4.78, 5) is 15.0. The predicted octanol–water partition coefficient (Wildman–Crippen LogP) is 2.92. The third-order valence-corrected chi connectivity index (χ3v) is 3.91.